The van der Waals surface area contributed by atoms with Crippen LogP contribution in [0.1, 0.15) is 17.4 Å². The minimum atomic E-state index is -4.41. The third-order valence-electron chi connectivity index (χ3n) is 1.67. The second-order valence-corrected chi connectivity index (χ2v) is 2.79. The van der Waals surface area contributed by atoms with Crippen LogP contribution in [0.2, 0.25) is 0 Å². The number of aromatic amines is 1. The molecular weight excluding hydrogens is 213 g/mol. The summed E-state index contributed by atoms with van der Waals surface area (Å²) in [5.41, 5.74) is -0.124. The fourth-order valence-electron chi connectivity index (χ4n) is 1.01. The molecule has 0 fully saturated rings. The first-order valence-corrected chi connectivity index (χ1v) is 4.16. The lowest BCUT2D eigenvalue weighted by Gasteiger charge is -2.20. The van der Waals surface area contributed by atoms with Gasteiger partial charge in [-0.15, -0.1) is 0 Å². The number of nitrogens with zero attached hydrogens (tertiary/aromatic N) is 3. The van der Waals surface area contributed by atoms with E-state index in [2.05, 4.69) is 15.4 Å². The maximum atomic E-state index is 12.1. The summed E-state index contributed by atoms with van der Waals surface area (Å²) in [6, 6.07) is 0. The molecule has 0 saturated heterocycles. The third-order valence-corrected chi connectivity index (χ3v) is 1.67. The number of rotatable bonds is 3. The molecule has 0 aliphatic heterocycles. The van der Waals surface area contributed by atoms with Gasteiger partial charge >= 0.3 is 6.18 Å². The Hall–Kier alpha value is -1.60. The molecule has 1 N–H and O–H groups in total. The van der Waals surface area contributed by atoms with Crippen LogP contribution in [0.25, 0.3) is 0 Å². The van der Waals surface area contributed by atoms with Crippen LogP contribution in [0.15, 0.2) is 6.20 Å². The van der Waals surface area contributed by atoms with Gasteiger partial charge in [-0.3, -0.25) is 4.79 Å². The summed E-state index contributed by atoms with van der Waals surface area (Å²) in [4.78, 5) is 12.1. The van der Waals surface area contributed by atoms with E-state index >= 15 is 0 Å². The predicted octanol–water partition coefficient (Wildman–Crippen LogP) is 0.829. The molecule has 0 aliphatic rings. The highest BCUT2D eigenvalue weighted by molar-refractivity contribution is 5.91. The number of amides is 1. The van der Waals surface area contributed by atoms with Crippen molar-refractivity contribution in [3.05, 3.63) is 11.9 Å². The fraction of sp³-hybridized carbons (Fsp3) is 0.571. The van der Waals surface area contributed by atoms with Crippen LogP contribution in [-0.4, -0.2) is 45.5 Å². The standard InChI is InChI=1S/C7H9F3N4O/c1-2-14(4-7(8,9)10)6(15)5-3-11-13-12-5/h3H,2,4H2,1H3,(H,11,12,13). The lowest BCUT2D eigenvalue weighted by atomic mass is 10.3. The second kappa shape index (κ2) is 4.28. The van der Waals surface area contributed by atoms with E-state index in [9.17, 15) is 18.0 Å². The molecule has 0 unspecified atom stereocenters. The largest absolute Gasteiger partial charge is 0.406 e. The molecule has 1 rings (SSSR count). The number of nitrogens with one attached hydrogen (secondary N) is 1. The molecule has 0 radical (unpaired) electrons. The number of carbonyl (C=O) groups excluding carboxylic acids is 1. The highest BCUT2D eigenvalue weighted by Gasteiger charge is 2.33. The Labute approximate surface area is 83.3 Å². The molecule has 0 saturated carbocycles. The molecule has 1 amide bonds. The second-order valence-electron chi connectivity index (χ2n) is 2.79. The van der Waals surface area contributed by atoms with Gasteiger partial charge < -0.3 is 4.90 Å². The van der Waals surface area contributed by atoms with Crippen LogP contribution in [-0.2, 0) is 0 Å². The van der Waals surface area contributed by atoms with E-state index in [0.717, 1.165) is 6.20 Å². The summed E-state index contributed by atoms with van der Waals surface area (Å²) in [6.45, 7) is 0.143. The van der Waals surface area contributed by atoms with E-state index in [4.69, 9.17) is 0 Å². The number of hydrogen-bond donors (Lipinski definition) is 1. The van der Waals surface area contributed by atoms with Gasteiger partial charge in [0.2, 0.25) is 0 Å². The fourth-order valence-corrected chi connectivity index (χ4v) is 1.01. The van der Waals surface area contributed by atoms with Crippen molar-refractivity contribution in [2.24, 2.45) is 0 Å². The Balaban J connectivity index is 2.72. The van der Waals surface area contributed by atoms with Gasteiger partial charge in [0.05, 0.1) is 6.20 Å². The third kappa shape index (κ3) is 3.22. The van der Waals surface area contributed by atoms with Crippen molar-refractivity contribution in [3.63, 3.8) is 0 Å². The number of halogens is 3. The van der Waals surface area contributed by atoms with E-state index in [1.165, 1.54) is 6.92 Å². The van der Waals surface area contributed by atoms with Gasteiger partial charge in [0.25, 0.3) is 5.91 Å². The van der Waals surface area contributed by atoms with Crippen LogP contribution < -0.4 is 0 Å². The molecule has 0 spiro atoms. The Kier molecular flexibility index (Phi) is 3.28. The summed E-state index contributed by atoms with van der Waals surface area (Å²) in [5, 5.41) is 8.94. The van der Waals surface area contributed by atoms with Gasteiger partial charge in [-0.2, -0.15) is 28.6 Å². The van der Waals surface area contributed by atoms with E-state index in [1.54, 1.807) is 0 Å². The highest BCUT2D eigenvalue weighted by Crippen LogP contribution is 2.17. The Morgan fingerprint density at radius 1 is 1.60 bits per heavy atom. The summed E-state index contributed by atoms with van der Waals surface area (Å²) in [6.07, 6.45) is -3.32. The average Bonchev–Trinajstić information content (AvgIpc) is 2.64. The van der Waals surface area contributed by atoms with Crippen molar-refractivity contribution in [2.75, 3.05) is 13.1 Å². The minimum Gasteiger partial charge on any atom is -0.328 e. The van der Waals surface area contributed by atoms with Gasteiger partial charge in [-0.25, -0.2) is 0 Å². The topological polar surface area (TPSA) is 61.9 Å². The maximum Gasteiger partial charge on any atom is 0.406 e. The van der Waals surface area contributed by atoms with Crippen molar-refractivity contribution in [1.82, 2.24) is 20.3 Å². The summed E-state index contributed by atoms with van der Waals surface area (Å²) < 4.78 is 36.2. The van der Waals surface area contributed by atoms with E-state index in [1.807, 2.05) is 0 Å². The van der Waals surface area contributed by atoms with Crippen LogP contribution in [0, 0.1) is 0 Å². The van der Waals surface area contributed by atoms with E-state index in [-0.39, 0.29) is 12.2 Å². The molecule has 8 heteroatoms. The van der Waals surface area contributed by atoms with Crippen molar-refractivity contribution in [1.29, 1.82) is 0 Å². The van der Waals surface area contributed by atoms with Crippen molar-refractivity contribution in [2.45, 2.75) is 13.1 Å². The summed E-state index contributed by atoms with van der Waals surface area (Å²) in [5.74, 6) is -0.788. The minimum absolute atomic E-state index is 0.0365. The number of alkyl halides is 3. The van der Waals surface area contributed by atoms with Crippen molar-refractivity contribution in [3.8, 4) is 0 Å². The van der Waals surface area contributed by atoms with Crippen LogP contribution in [0.3, 0.4) is 0 Å². The first kappa shape index (κ1) is 11.5. The quantitative estimate of drug-likeness (QED) is 0.823. The van der Waals surface area contributed by atoms with Gasteiger partial charge in [0, 0.05) is 6.54 Å². The molecule has 1 heterocycles. The first-order chi connectivity index (χ1) is 6.94. The van der Waals surface area contributed by atoms with Crippen molar-refractivity contribution < 1.29 is 18.0 Å². The molecule has 0 aliphatic carbocycles. The monoisotopic (exact) mass is 222 g/mol. The Morgan fingerprint density at radius 3 is 2.67 bits per heavy atom. The highest BCUT2D eigenvalue weighted by atomic mass is 19.4. The van der Waals surface area contributed by atoms with Gasteiger partial charge in [-0.05, 0) is 6.92 Å². The van der Waals surface area contributed by atoms with E-state index in [0.29, 0.717) is 4.90 Å². The Morgan fingerprint density at radius 2 is 2.27 bits per heavy atom. The lowest BCUT2D eigenvalue weighted by molar-refractivity contribution is -0.140. The number of H-pyrrole nitrogens is 1. The zero-order valence-corrected chi connectivity index (χ0v) is 7.88. The SMILES string of the molecule is CCN(CC(F)(F)F)C(=O)c1cn[nH]n1. The molecule has 1 aromatic rings. The van der Waals surface area contributed by atoms with Crippen LogP contribution in [0.4, 0.5) is 13.2 Å². The zero-order chi connectivity index (χ0) is 11.5. The first-order valence-electron chi connectivity index (χ1n) is 4.16. The summed E-state index contributed by atoms with van der Waals surface area (Å²) >= 11 is 0. The summed E-state index contributed by atoms with van der Waals surface area (Å²) in [7, 11) is 0. The van der Waals surface area contributed by atoms with Gasteiger partial charge in [0.15, 0.2) is 5.69 Å². The average molecular weight is 222 g/mol. The zero-order valence-electron chi connectivity index (χ0n) is 7.88. The predicted molar refractivity (Wildman–Crippen MR) is 44.0 cm³/mol. The Bertz CT molecular complexity index is 321. The molecule has 1 aromatic heterocycles. The normalized spacial score (nSPS) is 11.5. The van der Waals surface area contributed by atoms with Crippen LogP contribution in [0.5, 0.6) is 0 Å². The molecular formula is C7H9F3N4O. The van der Waals surface area contributed by atoms with Crippen LogP contribution >= 0.6 is 0 Å². The van der Waals surface area contributed by atoms with Gasteiger partial charge in [-0.1, -0.05) is 0 Å². The number of hydrogen-bond acceptors (Lipinski definition) is 3. The van der Waals surface area contributed by atoms with E-state index < -0.39 is 18.6 Å². The molecule has 0 aromatic carbocycles. The lowest BCUT2D eigenvalue weighted by Crippen LogP contribution is -2.38. The smallest absolute Gasteiger partial charge is 0.328 e. The molecule has 0 atom stereocenters. The molecule has 5 nitrogen and oxygen atoms in total. The molecule has 15 heavy (non-hydrogen) atoms. The number of carbonyl (C=O) groups is 1. The van der Waals surface area contributed by atoms with Crippen molar-refractivity contribution >= 4 is 5.91 Å². The number of aromatic nitrogens is 3. The maximum absolute atomic E-state index is 12.1. The van der Waals surface area contributed by atoms with Gasteiger partial charge in [0.1, 0.15) is 6.54 Å². The molecule has 0 bridgehead atoms. The molecule has 84 valence electrons.